The zero-order valence-electron chi connectivity index (χ0n) is 9.25. The van der Waals surface area contributed by atoms with Crippen molar-refractivity contribution in [1.82, 2.24) is 0 Å². The lowest BCUT2D eigenvalue weighted by Gasteiger charge is -2.05. The van der Waals surface area contributed by atoms with E-state index in [-0.39, 0.29) is 5.78 Å². The Morgan fingerprint density at radius 1 is 1.38 bits per heavy atom. The van der Waals surface area contributed by atoms with Crippen molar-refractivity contribution in [2.45, 2.75) is 20.3 Å². The minimum Gasteiger partial charge on any atom is -0.462 e. The van der Waals surface area contributed by atoms with E-state index in [4.69, 9.17) is 16.3 Å². The second-order valence-corrected chi connectivity index (χ2v) is 3.82. The number of hydrogen-bond donors (Lipinski definition) is 0. The second kappa shape index (κ2) is 5.66. The van der Waals surface area contributed by atoms with Gasteiger partial charge in [0.05, 0.1) is 17.2 Å². The van der Waals surface area contributed by atoms with Gasteiger partial charge < -0.3 is 4.74 Å². The lowest BCUT2D eigenvalue weighted by molar-refractivity contribution is -0.116. The van der Waals surface area contributed by atoms with Crippen LogP contribution in [-0.4, -0.2) is 18.4 Å². The number of benzene rings is 1. The third-order valence-electron chi connectivity index (χ3n) is 1.98. The van der Waals surface area contributed by atoms with Crippen molar-refractivity contribution in [2.24, 2.45) is 0 Å². The fourth-order valence-corrected chi connectivity index (χ4v) is 1.61. The van der Waals surface area contributed by atoms with Crippen LogP contribution in [0.1, 0.15) is 29.8 Å². The molecule has 0 radical (unpaired) electrons. The summed E-state index contributed by atoms with van der Waals surface area (Å²) in [5, 5.41) is 0.317. The molecule has 0 saturated heterocycles. The monoisotopic (exact) mass is 240 g/mol. The van der Waals surface area contributed by atoms with Crippen LogP contribution >= 0.6 is 11.6 Å². The Morgan fingerprint density at radius 3 is 2.56 bits per heavy atom. The molecule has 86 valence electrons. The molecule has 0 atom stereocenters. The topological polar surface area (TPSA) is 43.4 Å². The standard InChI is InChI=1S/C12H13ClO3/c1-3-16-12(15)10-5-4-9(6-8(2)14)7-11(10)13/h4-5,7H,3,6H2,1-2H3. The lowest BCUT2D eigenvalue weighted by Crippen LogP contribution is -2.06. The van der Waals surface area contributed by atoms with Gasteiger partial charge in [0.1, 0.15) is 5.78 Å². The van der Waals surface area contributed by atoms with E-state index in [1.807, 2.05) is 0 Å². The van der Waals surface area contributed by atoms with E-state index in [2.05, 4.69) is 0 Å². The smallest absolute Gasteiger partial charge is 0.339 e. The molecule has 0 aliphatic carbocycles. The fraction of sp³-hybridized carbons (Fsp3) is 0.333. The fourth-order valence-electron chi connectivity index (χ4n) is 1.33. The number of halogens is 1. The van der Waals surface area contributed by atoms with E-state index in [0.717, 1.165) is 5.56 Å². The summed E-state index contributed by atoms with van der Waals surface area (Å²) < 4.78 is 4.84. The maximum atomic E-state index is 11.4. The van der Waals surface area contributed by atoms with Gasteiger partial charge in [-0.15, -0.1) is 0 Å². The average Bonchev–Trinajstić information content (AvgIpc) is 2.16. The van der Waals surface area contributed by atoms with Crippen LogP contribution in [0.3, 0.4) is 0 Å². The molecule has 1 rings (SSSR count). The van der Waals surface area contributed by atoms with Crippen LogP contribution in [-0.2, 0) is 16.0 Å². The van der Waals surface area contributed by atoms with Crippen LogP contribution in [0.2, 0.25) is 5.02 Å². The maximum Gasteiger partial charge on any atom is 0.339 e. The minimum absolute atomic E-state index is 0.0555. The first kappa shape index (κ1) is 12.7. The summed E-state index contributed by atoms with van der Waals surface area (Å²) >= 11 is 5.93. The van der Waals surface area contributed by atoms with Crippen LogP contribution in [0.25, 0.3) is 0 Å². The summed E-state index contributed by atoms with van der Waals surface area (Å²) in [5.74, 6) is -0.387. The van der Waals surface area contributed by atoms with Crippen LogP contribution in [0.15, 0.2) is 18.2 Å². The number of ketones is 1. The molecule has 0 aliphatic rings. The van der Waals surface area contributed by atoms with Crippen molar-refractivity contribution in [2.75, 3.05) is 6.61 Å². The summed E-state index contributed by atoms with van der Waals surface area (Å²) in [7, 11) is 0. The zero-order chi connectivity index (χ0) is 12.1. The number of carbonyl (C=O) groups excluding carboxylic acids is 2. The Morgan fingerprint density at radius 2 is 2.06 bits per heavy atom. The summed E-state index contributed by atoms with van der Waals surface area (Å²) in [6, 6.07) is 4.91. The summed E-state index contributed by atoms with van der Waals surface area (Å²) in [6.07, 6.45) is 0.322. The minimum atomic E-state index is -0.443. The van der Waals surface area contributed by atoms with E-state index < -0.39 is 5.97 Å². The first-order valence-electron chi connectivity index (χ1n) is 4.99. The highest BCUT2D eigenvalue weighted by molar-refractivity contribution is 6.33. The summed E-state index contributed by atoms with van der Waals surface area (Å²) in [4.78, 5) is 22.3. The molecule has 0 aliphatic heterocycles. The summed E-state index contributed by atoms with van der Waals surface area (Å²) in [6.45, 7) is 3.55. The Labute approximate surface area is 99.4 Å². The van der Waals surface area contributed by atoms with Gasteiger partial charge >= 0.3 is 5.97 Å². The molecule has 0 saturated carbocycles. The highest BCUT2D eigenvalue weighted by atomic mass is 35.5. The third kappa shape index (κ3) is 3.35. The Hall–Kier alpha value is -1.35. The van der Waals surface area contributed by atoms with Gasteiger partial charge in [-0.3, -0.25) is 4.79 Å². The first-order valence-corrected chi connectivity index (χ1v) is 5.37. The van der Waals surface area contributed by atoms with E-state index in [9.17, 15) is 9.59 Å². The number of rotatable bonds is 4. The predicted octanol–water partition coefficient (Wildman–Crippen LogP) is 2.65. The van der Waals surface area contributed by atoms with Gasteiger partial charge in [-0.05, 0) is 31.5 Å². The molecule has 0 heterocycles. The van der Waals surface area contributed by atoms with E-state index in [1.54, 1.807) is 25.1 Å². The van der Waals surface area contributed by atoms with Crippen molar-refractivity contribution in [3.63, 3.8) is 0 Å². The maximum absolute atomic E-state index is 11.4. The molecule has 0 spiro atoms. The number of esters is 1. The van der Waals surface area contributed by atoms with Crippen LogP contribution < -0.4 is 0 Å². The SMILES string of the molecule is CCOC(=O)c1ccc(CC(C)=O)cc1Cl. The van der Waals surface area contributed by atoms with Gasteiger partial charge in [0.25, 0.3) is 0 Å². The molecule has 0 bridgehead atoms. The second-order valence-electron chi connectivity index (χ2n) is 3.41. The molecular weight excluding hydrogens is 228 g/mol. The number of ether oxygens (including phenoxy) is 1. The number of carbonyl (C=O) groups is 2. The van der Waals surface area contributed by atoms with Crippen molar-refractivity contribution in [3.05, 3.63) is 34.3 Å². The number of Topliss-reactive ketones (excluding diaryl/α,β-unsaturated/α-hetero) is 1. The van der Waals surface area contributed by atoms with Gasteiger partial charge in [-0.25, -0.2) is 4.79 Å². The van der Waals surface area contributed by atoms with E-state index in [1.165, 1.54) is 6.92 Å². The van der Waals surface area contributed by atoms with Crippen LogP contribution in [0.5, 0.6) is 0 Å². The van der Waals surface area contributed by atoms with Crippen molar-refractivity contribution < 1.29 is 14.3 Å². The predicted molar refractivity (Wildman–Crippen MR) is 61.8 cm³/mol. The largest absolute Gasteiger partial charge is 0.462 e. The van der Waals surface area contributed by atoms with E-state index >= 15 is 0 Å². The first-order chi connectivity index (χ1) is 7.54. The van der Waals surface area contributed by atoms with Gasteiger partial charge in [0.2, 0.25) is 0 Å². The number of hydrogen-bond acceptors (Lipinski definition) is 3. The molecule has 0 fully saturated rings. The van der Waals surface area contributed by atoms with E-state index in [0.29, 0.717) is 23.6 Å². The Balaban J connectivity index is 2.91. The van der Waals surface area contributed by atoms with Crippen molar-refractivity contribution >= 4 is 23.4 Å². The molecule has 1 aromatic rings. The Kier molecular flexibility index (Phi) is 4.50. The van der Waals surface area contributed by atoms with Crippen LogP contribution in [0, 0.1) is 0 Å². The quantitative estimate of drug-likeness (QED) is 0.760. The van der Waals surface area contributed by atoms with Gasteiger partial charge in [0.15, 0.2) is 0 Å². The zero-order valence-corrected chi connectivity index (χ0v) is 10.0. The van der Waals surface area contributed by atoms with Crippen molar-refractivity contribution in [1.29, 1.82) is 0 Å². The highest BCUT2D eigenvalue weighted by Gasteiger charge is 2.11. The molecule has 0 unspecified atom stereocenters. The Bertz CT molecular complexity index is 413. The van der Waals surface area contributed by atoms with Gasteiger partial charge in [0, 0.05) is 6.42 Å². The average molecular weight is 241 g/mol. The lowest BCUT2D eigenvalue weighted by atomic mass is 10.1. The molecule has 0 aromatic heterocycles. The normalized spacial score (nSPS) is 9.94. The molecule has 0 N–H and O–H groups in total. The highest BCUT2D eigenvalue weighted by Crippen LogP contribution is 2.19. The molecule has 1 aromatic carbocycles. The summed E-state index contributed by atoms with van der Waals surface area (Å²) in [5.41, 5.74) is 1.13. The van der Waals surface area contributed by atoms with Crippen molar-refractivity contribution in [3.8, 4) is 0 Å². The molecule has 0 amide bonds. The molecule has 3 nitrogen and oxygen atoms in total. The molecule has 16 heavy (non-hydrogen) atoms. The molecular formula is C12H13ClO3. The van der Waals surface area contributed by atoms with Gasteiger partial charge in [-0.1, -0.05) is 17.7 Å². The molecule has 4 heteroatoms. The third-order valence-corrected chi connectivity index (χ3v) is 2.29. The van der Waals surface area contributed by atoms with Gasteiger partial charge in [-0.2, -0.15) is 0 Å². The van der Waals surface area contributed by atoms with Crippen LogP contribution in [0.4, 0.5) is 0 Å².